The first-order valence-corrected chi connectivity index (χ1v) is 6.26. The molecule has 2 nitrogen and oxygen atoms in total. The minimum atomic E-state index is 0.185. The van der Waals surface area contributed by atoms with Gasteiger partial charge in [0.15, 0.2) is 0 Å². The van der Waals surface area contributed by atoms with Gasteiger partial charge >= 0.3 is 0 Å². The molecule has 0 saturated carbocycles. The number of nitrogens with one attached hydrogen (secondary N) is 1. The molecule has 18 heavy (non-hydrogen) atoms. The molecular formula is C16H19NO. The van der Waals surface area contributed by atoms with Crippen molar-refractivity contribution in [2.45, 2.75) is 25.4 Å². The maximum atomic E-state index is 5.42. The van der Waals surface area contributed by atoms with Gasteiger partial charge in [0.1, 0.15) is 5.76 Å². The van der Waals surface area contributed by atoms with Gasteiger partial charge in [-0.3, -0.25) is 0 Å². The molecule has 2 atom stereocenters. The van der Waals surface area contributed by atoms with Gasteiger partial charge in [-0.05, 0) is 31.0 Å². The standard InChI is InChI=1S/C16H19NO/c1-3-8-15(14-9-5-4-6-10-14)17-13(2)16-11-7-12-18-16/h3-7,9-13,15,17H,1,8H2,2H3/t13-,15-/m1/s1. The van der Waals surface area contributed by atoms with Crippen LogP contribution in [0.15, 0.2) is 65.8 Å². The van der Waals surface area contributed by atoms with E-state index in [-0.39, 0.29) is 12.1 Å². The average Bonchev–Trinajstić information content (AvgIpc) is 2.93. The van der Waals surface area contributed by atoms with Gasteiger partial charge in [-0.2, -0.15) is 0 Å². The van der Waals surface area contributed by atoms with Crippen LogP contribution < -0.4 is 5.32 Å². The highest BCUT2D eigenvalue weighted by Crippen LogP contribution is 2.22. The van der Waals surface area contributed by atoms with Crippen molar-refractivity contribution in [3.63, 3.8) is 0 Å². The van der Waals surface area contributed by atoms with Crippen LogP contribution in [0.3, 0.4) is 0 Å². The molecular weight excluding hydrogens is 222 g/mol. The Balaban J connectivity index is 2.09. The summed E-state index contributed by atoms with van der Waals surface area (Å²) >= 11 is 0. The summed E-state index contributed by atoms with van der Waals surface area (Å²) in [7, 11) is 0. The quantitative estimate of drug-likeness (QED) is 0.765. The predicted octanol–water partition coefficient (Wildman–Crippen LogP) is 4.25. The largest absolute Gasteiger partial charge is 0.468 e. The van der Waals surface area contributed by atoms with E-state index in [4.69, 9.17) is 4.42 Å². The maximum absolute atomic E-state index is 5.42. The van der Waals surface area contributed by atoms with Gasteiger partial charge in [-0.15, -0.1) is 6.58 Å². The fourth-order valence-electron chi connectivity index (χ4n) is 2.07. The molecule has 0 unspecified atom stereocenters. The van der Waals surface area contributed by atoms with Crippen LogP contribution in [-0.4, -0.2) is 0 Å². The van der Waals surface area contributed by atoms with Crippen LogP contribution >= 0.6 is 0 Å². The zero-order valence-electron chi connectivity index (χ0n) is 10.7. The number of hydrogen-bond acceptors (Lipinski definition) is 2. The molecule has 0 aliphatic carbocycles. The molecule has 2 heteroatoms. The van der Waals surface area contributed by atoms with E-state index in [9.17, 15) is 0 Å². The van der Waals surface area contributed by atoms with Gasteiger partial charge in [0.05, 0.1) is 12.3 Å². The molecule has 0 saturated heterocycles. The van der Waals surface area contributed by atoms with Crippen LogP contribution in [0.1, 0.15) is 36.8 Å². The zero-order chi connectivity index (χ0) is 12.8. The van der Waals surface area contributed by atoms with Crippen molar-refractivity contribution in [2.24, 2.45) is 0 Å². The summed E-state index contributed by atoms with van der Waals surface area (Å²) in [4.78, 5) is 0. The lowest BCUT2D eigenvalue weighted by Crippen LogP contribution is -2.24. The van der Waals surface area contributed by atoms with Gasteiger partial charge in [-0.25, -0.2) is 0 Å². The predicted molar refractivity (Wildman–Crippen MR) is 74.3 cm³/mol. The summed E-state index contributed by atoms with van der Waals surface area (Å²) in [5, 5.41) is 3.57. The molecule has 2 aromatic rings. The smallest absolute Gasteiger partial charge is 0.120 e. The van der Waals surface area contributed by atoms with Crippen LogP contribution in [0.2, 0.25) is 0 Å². The van der Waals surface area contributed by atoms with Crippen molar-refractivity contribution in [2.75, 3.05) is 0 Å². The van der Waals surface area contributed by atoms with E-state index in [1.807, 2.05) is 24.3 Å². The third-order valence-electron chi connectivity index (χ3n) is 3.03. The average molecular weight is 241 g/mol. The molecule has 0 spiro atoms. The zero-order valence-corrected chi connectivity index (χ0v) is 10.7. The minimum absolute atomic E-state index is 0.185. The topological polar surface area (TPSA) is 25.2 Å². The minimum Gasteiger partial charge on any atom is -0.468 e. The molecule has 94 valence electrons. The van der Waals surface area contributed by atoms with E-state index >= 15 is 0 Å². The molecule has 1 aromatic heterocycles. The Labute approximate surface area is 108 Å². The second kappa shape index (κ2) is 6.22. The maximum Gasteiger partial charge on any atom is 0.120 e. The first-order chi connectivity index (χ1) is 8.81. The van der Waals surface area contributed by atoms with Crippen molar-refractivity contribution < 1.29 is 4.42 Å². The lowest BCUT2D eigenvalue weighted by molar-refractivity contribution is 0.393. The Morgan fingerprint density at radius 2 is 2.00 bits per heavy atom. The summed E-state index contributed by atoms with van der Waals surface area (Å²) in [5.41, 5.74) is 1.27. The molecule has 0 fully saturated rings. The SMILES string of the molecule is C=CC[C@@H](N[C@H](C)c1ccco1)c1ccccc1. The lowest BCUT2D eigenvalue weighted by atomic mass is 10.0. The molecule has 0 amide bonds. The van der Waals surface area contributed by atoms with E-state index in [1.165, 1.54) is 5.56 Å². The highest BCUT2D eigenvalue weighted by Gasteiger charge is 2.15. The van der Waals surface area contributed by atoms with Crippen LogP contribution in [0.4, 0.5) is 0 Å². The normalized spacial score (nSPS) is 14.1. The fraction of sp³-hybridized carbons (Fsp3) is 0.250. The summed E-state index contributed by atoms with van der Waals surface area (Å²) in [6, 6.07) is 14.8. The van der Waals surface area contributed by atoms with E-state index in [0.29, 0.717) is 0 Å². The third-order valence-corrected chi connectivity index (χ3v) is 3.03. The Morgan fingerprint density at radius 3 is 2.61 bits per heavy atom. The number of benzene rings is 1. The first kappa shape index (κ1) is 12.7. The van der Waals surface area contributed by atoms with Gasteiger partial charge < -0.3 is 9.73 Å². The molecule has 0 aliphatic heterocycles. The Bertz CT molecular complexity index is 461. The number of rotatable bonds is 6. The van der Waals surface area contributed by atoms with E-state index in [1.54, 1.807) is 6.26 Å². The summed E-state index contributed by atoms with van der Waals surface area (Å²) in [6.07, 6.45) is 4.55. The molecule has 0 bridgehead atoms. The molecule has 2 rings (SSSR count). The fourth-order valence-corrected chi connectivity index (χ4v) is 2.07. The van der Waals surface area contributed by atoms with Crippen molar-refractivity contribution in [1.29, 1.82) is 0 Å². The van der Waals surface area contributed by atoms with E-state index in [0.717, 1.165) is 12.2 Å². The Morgan fingerprint density at radius 1 is 1.22 bits per heavy atom. The summed E-state index contributed by atoms with van der Waals surface area (Å²) < 4.78 is 5.42. The van der Waals surface area contributed by atoms with Gasteiger partial charge in [0.25, 0.3) is 0 Å². The monoisotopic (exact) mass is 241 g/mol. The van der Waals surface area contributed by atoms with Crippen LogP contribution in [0.25, 0.3) is 0 Å². The molecule has 1 N–H and O–H groups in total. The second-order valence-electron chi connectivity index (χ2n) is 4.39. The van der Waals surface area contributed by atoms with Crippen LogP contribution in [0, 0.1) is 0 Å². The van der Waals surface area contributed by atoms with Crippen molar-refractivity contribution in [3.8, 4) is 0 Å². The number of hydrogen-bond donors (Lipinski definition) is 1. The Kier molecular flexibility index (Phi) is 4.37. The van der Waals surface area contributed by atoms with E-state index < -0.39 is 0 Å². The highest BCUT2D eigenvalue weighted by molar-refractivity contribution is 5.20. The number of furan rings is 1. The van der Waals surface area contributed by atoms with Gasteiger partial charge in [0.2, 0.25) is 0 Å². The van der Waals surface area contributed by atoms with Crippen molar-refractivity contribution >= 4 is 0 Å². The van der Waals surface area contributed by atoms with Gasteiger partial charge in [-0.1, -0.05) is 36.4 Å². The summed E-state index contributed by atoms with van der Waals surface area (Å²) in [6.45, 7) is 5.94. The lowest BCUT2D eigenvalue weighted by Gasteiger charge is -2.21. The van der Waals surface area contributed by atoms with Crippen molar-refractivity contribution in [3.05, 3.63) is 72.7 Å². The van der Waals surface area contributed by atoms with Crippen LogP contribution in [0.5, 0.6) is 0 Å². The second-order valence-corrected chi connectivity index (χ2v) is 4.39. The van der Waals surface area contributed by atoms with E-state index in [2.05, 4.69) is 43.1 Å². The highest BCUT2D eigenvalue weighted by atomic mass is 16.3. The molecule has 1 heterocycles. The molecule has 0 radical (unpaired) electrons. The third kappa shape index (κ3) is 3.11. The van der Waals surface area contributed by atoms with Gasteiger partial charge in [0, 0.05) is 6.04 Å². The summed E-state index contributed by atoms with van der Waals surface area (Å²) in [5.74, 6) is 0.958. The van der Waals surface area contributed by atoms with Crippen LogP contribution in [-0.2, 0) is 0 Å². The molecule has 0 aliphatic rings. The molecule has 1 aromatic carbocycles. The first-order valence-electron chi connectivity index (χ1n) is 6.26. The Hall–Kier alpha value is -1.80. The van der Waals surface area contributed by atoms with Crippen molar-refractivity contribution in [1.82, 2.24) is 5.32 Å².